The highest BCUT2D eigenvalue weighted by Gasteiger charge is 2.36. The van der Waals surface area contributed by atoms with E-state index in [2.05, 4.69) is 0 Å². The van der Waals surface area contributed by atoms with Crippen LogP contribution < -0.4 is 4.90 Å². The Kier molecular flexibility index (Phi) is 4.20. The van der Waals surface area contributed by atoms with E-state index in [0.29, 0.717) is 43.6 Å². The average Bonchev–Trinajstić information content (AvgIpc) is 2.76. The summed E-state index contributed by atoms with van der Waals surface area (Å²) in [5.74, 6) is -0.842. The van der Waals surface area contributed by atoms with Crippen LogP contribution in [0.1, 0.15) is 30.4 Å². The van der Waals surface area contributed by atoms with Gasteiger partial charge in [0.1, 0.15) is 0 Å². The Balaban J connectivity index is 2.04. The number of fused-ring (bicyclic) bond motifs is 1. The molecule has 0 aromatic heterocycles. The normalized spacial score (nSPS) is 14.4. The summed E-state index contributed by atoms with van der Waals surface area (Å²) in [7, 11) is 0. The zero-order valence-electron chi connectivity index (χ0n) is 10.9. The van der Waals surface area contributed by atoms with Crippen LogP contribution in [0.3, 0.4) is 0 Å². The summed E-state index contributed by atoms with van der Waals surface area (Å²) in [5, 5.41) is 8.55. The summed E-state index contributed by atoms with van der Waals surface area (Å²) in [6.07, 6.45) is -2.61. The Morgan fingerprint density at radius 3 is 2.70 bits per heavy atom. The summed E-state index contributed by atoms with van der Waals surface area (Å²) in [6.45, 7) is 1.16. The predicted molar refractivity (Wildman–Crippen MR) is 68.8 cm³/mol. The molecule has 0 atom stereocenters. The van der Waals surface area contributed by atoms with Crippen LogP contribution in [0.2, 0.25) is 0 Å². The van der Waals surface area contributed by atoms with Crippen molar-refractivity contribution in [1.29, 1.82) is 0 Å². The number of carbonyl (C=O) groups is 1. The Bertz CT molecular complexity index is 500. The molecule has 1 aliphatic rings. The maximum absolute atomic E-state index is 12.9. The van der Waals surface area contributed by atoms with Crippen molar-refractivity contribution in [2.24, 2.45) is 0 Å². The first-order chi connectivity index (χ1) is 9.39. The van der Waals surface area contributed by atoms with Crippen molar-refractivity contribution in [2.45, 2.75) is 31.9 Å². The number of rotatable bonds is 5. The van der Waals surface area contributed by atoms with Crippen molar-refractivity contribution in [3.8, 4) is 0 Å². The van der Waals surface area contributed by atoms with Gasteiger partial charge < -0.3 is 10.0 Å². The zero-order valence-corrected chi connectivity index (χ0v) is 10.9. The third-order valence-corrected chi connectivity index (χ3v) is 3.50. The lowest BCUT2D eigenvalue weighted by molar-refractivity contribution is -0.138. The van der Waals surface area contributed by atoms with Crippen molar-refractivity contribution in [2.75, 3.05) is 18.0 Å². The van der Waals surface area contributed by atoms with Gasteiger partial charge in [-0.1, -0.05) is 6.07 Å². The number of anilines is 1. The molecule has 0 saturated heterocycles. The molecule has 0 amide bonds. The fourth-order valence-corrected chi connectivity index (χ4v) is 2.58. The molecule has 0 fully saturated rings. The quantitative estimate of drug-likeness (QED) is 0.845. The largest absolute Gasteiger partial charge is 0.481 e. The number of unbranched alkanes of at least 4 members (excludes halogenated alkanes) is 1. The number of aliphatic carboxylic acids is 1. The van der Waals surface area contributed by atoms with E-state index in [1.807, 2.05) is 4.90 Å². The number of carboxylic acid groups (broad SMARTS) is 1. The number of hydrogen-bond acceptors (Lipinski definition) is 2. The van der Waals surface area contributed by atoms with Crippen LogP contribution in [0.4, 0.5) is 18.9 Å². The maximum atomic E-state index is 12.9. The third kappa shape index (κ3) is 3.23. The summed E-state index contributed by atoms with van der Waals surface area (Å²) < 4.78 is 38.6. The van der Waals surface area contributed by atoms with Crippen molar-refractivity contribution in [3.05, 3.63) is 29.3 Å². The van der Waals surface area contributed by atoms with E-state index in [9.17, 15) is 18.0 Å². The highest BCUT2D eigenvalue weighted by Crippen LogP contribution is 2.39. The number of halogens is 3. The van der Waals surface area contributed by atoms with E-state index in [1.165, 1.54) is 6.07 Å². The highest BCUT2D eigenvalue weighted by molar-refractivity contribution is 5.66. The van der Waals surface area contributed by atoms with E-state index in [-0.39, 0.29) is 6.42 Å². The van der Waals surface area contributed by atoms with Crippen LogP contribution in [-0.2, 0) is 17.4 Å². The van der Waals surface area contributed by atoms with Gasteiger partial charge in [0, 0.05) is 25.2 Å². The Morgan fingerprint density at radius 1 is 1.30 bits per heavy atom. The molecule has 0 bridgehead atoms. The standard InChI is InChI=1S/C14H16F3NO2/c15-14(16,17)11-4-3-5-12-10(11)7-9-18(12)8-2-1-6-13(19)20/h3-5H,1-2,6-9H2,(H,19,20). The van der Waals surface area contributed by atoms with Crippen LogP contribution in [0, 0.1) is 0 Å². The number of nitrogens with zero attached hydrogens (tertiary/aromatic N) is 1. The molecule has 110 valence electrons. The molecule has 20 heavy (non-hydrogen) atoms. The maximum Gasteiger partial charge on any atom is 0.416 e. The molecule has 1 aromatic rings. The molecule has 0 unspecified atom stereocenters. The summed E-state index contributed by atoms with van der Waals surface area (Å²) in [6, 6.07) is 4.25. The molecule has 1 aromatic carbocycles. The van der Waals surface area contributed by atoms with Gasteiger partial charge in [-0.2, -0.15) is 13.2 Å². The van der Waals surface area contributed by atoms with Gasteiger partial charge in [-0.05, 0) is 37.0 Å². The fraction of sp³-hybridized carbons (Fsp3) is 0.500. The zero-order chi connectivity index (χ0) is 14.8. The van der Waals surface area contributed by atoms with Crippen LogP contribution in [0.15, 0.2) is 18.2 Å². The minimum atomic E-state index is -4.31. The summed E-state index contributed by atoms with van der Waals surface area (Å²) in [4.78, 5) is 12.3. The van der Waals surface area contributed by atoms with Gasteiger partial charge in [-0.3, -0.25) is 4.79 Å². The molecule has 1 aliphatic heterocycles. The monoisotopic (exact) mass is 287 g/mol. The number of carboxylic acids is 1. The second-order valence-electron chi connectivity index (χ2n) is 4.89. The molecule has 3 nitrogen and oxygen atoms in total. The van der Waals surface area contributed by atoms with E-state index < -0.39 is 17.7 Å². The van der Waals surface area contributed by atoms with E-state index in [0.717, 1.165) is 6.07 Å². The van der Waals surface area contributed by atoms with Crippen LogP contribution >= 0.6 is 0 Å². The second-order valence-corrected chi connectivity index (χ2v) is 4.89. The van der Waals surface area contributed by atoms with Gasteiger partial charge >= 0.3 is 12.1 Å². The SMILES string of the molecule is O=C(O)CCCCN1CCc2c1cccc2C(F)(F)F. The molecule has 0 spiro atoms. The van der Waals surface area contributed by atoms with E-state index >= 15 is 0 Å². The van der Waals surface area contributed by atoms with Crippen molar-refractivity contribution in [1.82, 2.24) is 0 Å². The lowest BCUT2D eigenvalue weighted by Crippen LogP contribution is -2.21. The Hall–Kier alpha value is -1.72. The average molecular weight is 287 g/mol. The molecule has 0 saturated carbocycles. The van der Waals surface area contributed by atoms with E-state index in [1.54, 1.807) is 6.07 Å². The predicted octanol–water partition coefficient (Wildman–Crippen LogP) is 3.32. The number of hydrogen-bond donors (Lipinski definition) is 1. The molecular formula is C14H16F3NO2. The lowest BCUT2D eigenvalue weighted by Gasteiger charge is -2.20. The van der Waals surface area contributed by atoms with Gasteiger partial charge in [-0.15, -0.1) is 0 Å². The third-order valence-electron chi connectivity index (χ3n) is 3.50. The minimum absolute atomic E-state index is 0.100. The molecular weight excluding hydrogens is 271 g/mol. The topological polar surface area (TPSA) is 40.5 Å². The Labute approximate surface area is 115 Å². The van der Waals surface area contributed by atoms with Crippen molar-refractivity contribution in [3.63, 3.8) is 0 Å². The van der Waals surface area contributed by atoms with Gasteiger partial charge in [0.05, 0.1) is 5.56 Å². The van der Waals surface area contributed by atoms with Gasteiger partial charge in [0.2, 0.25) is 0 Å². The number of alkyl halides is 3. The molecule has 1 N–H and O–H groups in total. The van der Waals surface area contributed by atoms with Crippen molar-refractivity contribution >= 4 is 11.7 Å². The summed E-state index contributed by atoms with van der Waals surface area (Å²) >= 11 is 0. The molecule has 0 radical (unpaired) electrons. The van der Waals surface area contributed by atoms with Gasteiger partial charge in [0.15, 0.2) is 0 Å². The molecule has 0 aliphatic carbocycles. The first-order valence-corrected chi connectivity index (χ1v) is 6.55. The van der Waals surface area contributed by atoms with Crippen LogP contribution in [0.25, 0.3) is 0 Å². The molecule has 6 heteroatoms. The van der Waals surface area contributed by atoms with Crippen LogP contribution in [-0.4, -0.2) is 24.2 Å². The first kappa shape index (κ1) is 14.7. The van der Waals surface area contributed by atoms with Gasteiger partial charge in [0.25, 0.3) is 0 Å². The van der Waals surface area contributed by atoms with Gasteiger partial charge in [-0.25, -0.2) is 0 Å². The lowest BCUT2D eigenvalue weighted by atomic mass is 10.0. The van der Waals surface area contributed by atoms with E-state index in [4.69, 9.17) is 5.11 Å². The van der Waals surface area contributed by atoms with Crippen LogP contribution in [0.5, 0.6) is 0 Å². The smallest absolute Gasteiger partial charge is 0.416 e. The summed E-state index contributed by atoms with van der Waals surface area (Å²) in [5.41, 5.74) is 0.441. The highest BCUT2D eigenvalue weighted by atomic mass is 19.4. The molecule has 1 heterocycles. The molecule has 2 rings (SSSR count). The van der Waals surface area contributed by atoms with Crippen molar-refractivity contribution < 1.29 is 23.1 Å². The fourth-order valence-electron chi connectivity index (χ4n) is 2.58. The number of benzene rings is 1. The first-order valence-electron chi connectivity index (χ1n) is 6.55. The minimum Gasteiger partial charge on any atom is -0.481 e. The Morgan fingerprint density at radius 2 is 2.05 bits per heavy atom. The second kappa shape index (κ2) is 5.73.